The lowest BCUT2D eigenvalue weighted by Gasteiger charge is -2.10. The lowest BCUT2D eigenvalue weighted by Crippen LogP contribution is -2.27. The fourth-order valence-electron chi connectivity index (χ4n) is 2.73. The molecule has 0 atom stereocenters. The number of benzene rings is 1. The Labute approximate surface area is 167 Å². The zero-order valence-electron chi connectivity index (χ0n) is 15.0. The van der Waals surface area contributed by atoms with Gasteiger partial charge in [-0.15, -0.1) is 13.9 Å². The highest BCUT2D eigenvalue weighted by Gasteiger charge is 2.27. The number of aryl methyl sites for hydroxylation is 2. The van der Waals surface area contributed by atoms with Crippen molar-refractivity contribution >= 4 is 40.2 Å². The Morgan fingerprint density at radius 1 is 1.46 bits per heavy atom. The standard InChI is InChI=1S/C16H17ClF2N6O2S/c1-9-11(5-6-20-14(26)8-28-15-22-23-24-25(15)2)12-7-10(27-16(17,18)19)3-4-13(12)21-9/h3-4,7,21H,5-6,8H2,1-2H3,(H,20,26). The van der Waals surface area contributed by atoms with E-state index in [1.165, 1.54) is 28.6 Å². The molecule has 0 fully saturated rings. The zero-order valence-corrected chi connectivity index (χ0v) is 16.6. The molecule has 0 unspecified atom stereocenters. The minimum atomic E-state index is -3.77. The predicted molar refractivity (Wildman–Crippen MR) is 101 cm³/mol. The van der Waals surface area contributed by atoms with Gasteiger partial charge >= 0.3 is 5.57 Å². The summed E-state index contributed by atoms with van der Waals surface area (Å²) in [5.41, 5.74) is -1.19. The van der Waals surface area contributed by atoms with Crippen LogP contribution in [0.15, 0.2) is 23.4 Å². The molecule has 0 aliphatic carbocycles. The van der Waals surface area contributed by atoms with Crippen LogP contribution in [0.3, 0.4) is 0 Å². The average Bonchev–Trinajstić information content (AvgIpc) is 3.15. The number of hydrogen-bond donors (Lipinski definition) is 2. The van der Waals surface area contributed by atoms with Crippen LogP contribution >= 0.6 is 23.4 Å². The van der Waals surface area contributed by atoms with E-state index in [9.17, 15) is 13.6 Å². The Kier molecular flexibility index (Phi) is 6.04. The van der Waals surface area contributed by atoms with Crippen LogP contribution in [0, 0.1) is 6.92 Å². The van der Waals surface area contributed by atoms with Crippen LogP contribution < -0.4 is 10.1 Å². The Hall–Kier alpha value is -2.40. The number of rotatable bonds is 8. The molecule has 0 saturated carbocycles. The Balaban J connectivity index is 1.60. The number of thioether (sulfide) groups is 1. The molecule has 0 bridgehead atoms. The number of alkyl halides is 3. The number of hydrogen-bond acceptors (Lipinski definition) is 6. The number of aromatic amines is 1. The number of H-pyrrole nitrogens is 1. The number of nitrogens with one attached hydrogen (secondary N) is 2. The van der Waals surface area contributed by atoms with E-state index in [0.29, 0.717) is 18.1 Å². The van der Waals surface area contributed by atoms with Gasteiger partial charge in [0.25, 0.3) is 0 Å². The Bertz CT molecular complexity index is 987. The van der Waals surface area contributed by atoms with Crippen molar-refractivity contribution in [2.75, 3.05) is 12.3 Å². The third kappa shape index (κ3) is 5.10. The first-order valence-electron chi connectivity index (χ1n) is 8.22. The monoisotopic (exact) mass is 430 g/mol. The average molecular weight is 431 g/mol. The molecule has 0 aliphatic rings. The molecule has 0 aliphatic heterocycles. The largest absolute Gasteiger partial charge is 0.487 e. The molecule has 2 aromatic heterocycles. The maximum atomic E-state index is 12.9. The maximum Gasteiger partial charge on any atom is 0.487 e. The second-order valence-electron chi connectivity index (χ2n) is 5.96. The molecule has 0 spiro atoms. The molecule has 3 rings (SSSR count). The van der Waals surface area contributed by atoms with Gasteiger partial charge in [-0.2, -0.15) is 0 Å². The van der Waals surface area contributed by atoms with E-state index in [0.717, 1.165) is 22.2 Å². The van der Waals surface area contributed by atoms with Gasteiger partial charge in [-0.05, 0) is 47.5 Å². The highest BCUT2D eigenvalue weighted by atomic mass is 35.5. The van der Waals surface area contributed by atoms with Crippen LogP contribution in [-0.4, -0.2) is 49.0 Å². The molecule has 1 aromatic carbocycles. The van der Waals surface area contributed by atoms with Crippen LogP contribution in [0.2, 0.25) is 0 Å². The molecule has 12 heteroatoms. The maximum absolute atomic E-state index is 12.9. The topological polar surface area (TPSA) is 97.7 Å². The van der Waals surface area contributed by atoms with E-state index in [4.69, 9.17) is 11.6 Å². The Morgan fingerprint density at radius 2 is 2.25 bits per heavy atom. The number of tetrazole rings is 1. The number of ether oxygens (including phenoxy) is 1. The molecule has 2 N–H and O–H groups in total. The van der Waals surface area contributed by atoms with E-state index in [-0.39, 0.29) is 17.4 Å². The van der Waals surface area contributed by atoms with Crippen LogP contribution in [0.4, 0.5) is 8.78 Å². The van der Waals surface area contributed by atoms with Crippen molar-refractivity contribution in [3.63, 3.8) is 0 Å². The highest BCUT2D eigenvalue weighted by Crippen LogP contribution is 2.30. The van der Waals surface area contributed by atoms with E-state index >= 15 is 0 Å². The number of nitrogens with zero attached hydrogens (tertiary/aromatic N) is 4. The fraction of sp³-hybridized carbons (Fsp3) is 0.375. The summed E-state index contributed by atoms with van der Waals surface area (Å²) in [5.74, 6) is -0.00841. The number of amides is 1. The van der Waals surface area contributed by atoms with Crippen LogP contribution in [0.25, 0.3) is 10.9 Å². The van der Waals surface area contributed by atoms with Crippen molar-refractivity contribution in [3.8, 4) is 5.75 Å². The second kappa shape index (κ2) is 8.31. The van der Waals surface area contributed by atoms with E-state index < -0.39 is 5.57 Å². The second-order valence-corrected chi connectivity index (χ2v) is 7.34. The van der Waals surface area contributed by atoms with Gasteiger partial charge < -0.3 is 15.0 Å². The van der Waals surface area contributed by atoms with Crippen molar-refractivity contribution < 1.29 is 18.3 Å². The van der Waals surface area contributed by atoms with E-state index in [1.807, 2.05) is 6.92 Å². The first-order valence-corrected chi connectivity index (χ1v) is 9.58. The minimum Gasteiger partial charge on any atom is -0.420 e. The fourth-order valence-corrected chi connectivity index (χ4v) is 3.50. The molecule has 0 saturated heterocycles. The van der Waals surface area contributed by atoms with Crippen molar-refractivity contribution in [2.45, 2.75) is 24.1 Å². The van der Waals surface area contributed by atoms with Gasteiger partial charge in [0.1, 0.15) is 5.75 Å². The molecule has 150 valence electrons. The number of halogens is 3. The lowest BCUT2D eigenvalue weighted by atomic mass is 10.1. The first-order chi connectivity index (χ1) is 13.2. The summed E-state index contributed by atoms with van der Waals surface area (Å²) in [4.78, 5) is 15.2. The molecule has 8 nitrogen and oxygen atoms in total. The number of carbonyl (C=O) groups excluding carboxylic acids is 1. The molecule has 3 aromatic rings. The Morgan fingerprint density at radius 3 is 2.93 bits per heavy atom. The van der Waals surface area contributed by atoms with E-state index in [2.05, 4.69) is 30.6 Å². The van der Waals surface area contributed by atoms with E-state index in [1.54, 1.807) is 13.1 Å². The number of fused-ring (bicyclic) bond motifs is 1. The van der Waals surface area contributed by atoms with Crippen LogP contribution in [0.5, 0.6) is 5.75 Å². The molecule has 1 amide bonds. The normalized spacial score (nSPS) is 11.8. The third-order valence-corrected chi connectivity index (χ3v) is 5.02. The van der Waals surface area contributed by atoms with Gasteiger partial charge in [-0.1, -0.05) is 11.8 Å². The van der Waals surface area contributed by atoms with Gasteiger partial charge in [-0.3, -0.25) is 4.79 Å². The smallest absolute Gasteiger partial charge is 0.420 e. The SMILES string of the molecule is Cc1[nH]c2ccc(OC(F)(F)Cl)cc2c1CCNC(=O)CSc1nnnn1C. The summed E-state index contributed by atoms with van der Waals surface area (Å²) in [6.07, 6.45) is 0.522. The van der Waals surface area contributed by atoms with Crippen LogP contribution in [0.1, 0.15) is 11.3 Å². The summed E-state index contributed by atoms with van der Waals surface area (Å²) < 4.78 is 31.7. The van der Waals surface area contributed by atoms with Crippen molar-refractivity contribution in [1.29, 1.82) is 0 Å². The first kappa shape index (κ1) is 20.3. The van der Waals surface area contributed by atoms with Crippen LogP contribution in [-0.2, 0) is 18.3 Å². The summed E-state index contributed by atoms with van der Waals surface area (Å²) in [6.45, 7) is 2.27. The van der Waals surface area contributed by atoms with Gasteiger partial charge in [0, 0.05) is 41.8 Å². The van der Waals surface area contributed by atoms with Gasteiger partial charge in [0.05, 0.1) is 5.75 Å². The number of carbonyl (C=O) groups is 1. The summed E-state index contributed by atoms with van der Waals surface area (Å²) in [5, 5.41) is 15.1. The highest BCUT2D eigenvalue weighted by molar-refractivity contribution is 7.99. The molecule has 28 heavy (non-hydrogen) atoms. The summed E-state index contributed by atoms with van der Waals surface area (Å²) in [6, 6.07) is 4.57. The lowest BCUT2D eigenvalue weighted by molar-refractivity contribution is -0.118. The predicted octanol–water partition coefficient (Wildman–Crippen LogP) is 2.62. The zero-order chi connectivity index (χ0) is 20.3. The minimum absolute atomic E-state index is 0.0366. The van der Waals surface area contributed by atoms with Crippen molar-refractivity contribution in [1.82, 2.24) is 30.5 Å². The number of aromatic nitrogens is 5. The summed E-state index contributed by atoms with van der Waals surface area (Å²) in [7, 11) is 1.69. The third-order valence-electron chi connectivity index (χ3n) is 3.94. The van der Waals surface area contributed by atoms with Crippen molar-refractivity contribution in [2.24, 2.45) is 7.05 Å². The molecule has 2 heterocycles. The summed E-state index contributed by atoms with van der Waals surface area (Å²) >= 11 is 6.06. The van der Waals surface area contributed by atoms with Gasteiger partial charge in [0.2, 0.25) is 11.1 Å². The molecule has 0 radical (unpaired) electrons. The van der Waals surface area contributed by atoms with Gasteiger partial charge in [-0.25, -0.2) is 4.68 Å². The van der Waals surface area contributed by atoms with Crippen molar-refractivity contribution in [3.05, 3.63) is 29.5 Å². The molecular weight excluding hydrogens is 414 g/mol. The molecular formula is C16H17ClF2N6O2S. The van der Waals surface area contributed by atoms with Gasteiger partial charge in [0.15, 0.2) is 0 Å². The quantitative estimate of drug-likeness (QED) is 0.421.